The van der Waals surface area contributed by atoms with Crippen molar-refractivity contribution in [2.75, 3.05) is 19.0 Å². The summed E-state index contributed by atoms with van der Waals surface area (Å²) in [5.74, 6) is 1.97. The fraction of sp³-hybridized carbons (Fsp3) is 0.100. The van der Waals surface area contributed by atoms with Gasteiger partial charge in [-0.15, -0.1) is 0 Å². The van der Waals surface area contributed by atoms with Gasteiger partial charge in [-0.25, -0.2) is 0 Å². The summed E-state index contributed by atoms with van der Waals surface area (Å²) in [6, 6.07) is 18.7. The first-order chi connectivity index (χ1) is 12.6. The number of benzene rings is 2. The van der Waals surface area contributed by atoms with E-state index in [0.29, 0.717) is 28.4 Å². The Kier molecular flexibility index (Phi) is 5.09. The van der Waals surface area contributed by atoms with Crippen molar-refractivity contribution in [3.8, 4) is 23.2 Å². The second-order valence-corrected chi connectivity index (χ2v) is 5.85. The van der Waals surface area contributed by atoms with Crippen LogP contribution in [0.3, 0.4) is 0 Å². The number of hydrogen-bond acceptors (Lipinski definition) is 5. The molecule has 5 nitrogen and oxygen atoms in total. The average Bonchev–Trinajstić information content (AvgIpc) is 2.68. The van der Waals surface area contributed by atoms with Gasteiger partial charge in [-0.2, -0.15) is 0 Å². The molecule has 0 bridgehead atoms. The quantitative estimate of drug-likeness (QED) is 0.668. The molecule has 3 aromatic rings. The SMILES string of the molecule is B=C(Oc1ccc(C#N)cc1)c1cnc(-c2ccccc2)nc1N(C)C. The summed E-state index contributed by atoms with van der Waals surface area (Å²) in [7, 11) is 7.84. The molecular weight excluding hydrogens is 323 g/mol. The minimum absolute atomic E-state index is 0.443. The van der Waals surface area contributed by atoms with E-state index in [1.54, 1.807) is 30.5 Å². The maximum absolute atomic E-state index is 8.88. The molecule has 26 heavy (non-hydrogen) atoms. The molecule has 1 aromatic heterocycles. The molecule has 0 saturated carbocycles. The van der Waals surface area contributed by atoms with Gasteiger partial charge in [-0.1, -0.05) is 0 Å². The summed E-state index contributed by atoms with van der Waals surface area (Å²) in [6.07, 6.45) is 1.72. The van der Waals surface area contributed by atoms with Gasteiger partial charge >= 0.3 is 153 Å². The molecule has 0 aliphatic carbocycles. The van der Waals surface area contributed by atoms with Gasteiger partial charge < -0.3 is 0 Å². The zero-order chi connectivity index (χ0) is 18.5. The van der Waals surface area contributed by atoms with Crippen molar-refractivity contribution in [2.24, 2.45) is 0 Å². The van der Waals surface area contributed by atoms with Crippen LogP contribution in [0, 0.1) is 11.3 Å². The Morgan fingerprint density at radius 2 is 1.77 bits per heavy atom. The Morgan fingerprint density at radius 3 is 2.38 bits per heavy atom. The summed E-state index contributed by atoms with van der Waals surface area (Å²) < 4.78 is 5.83. The monoisotopic (exact) mass is 340 g/mol. The van der Waals surface area contributed by atoms with Gasteiger partial charge in [0, 0.05) is 0 Å². The van der Waals surface area contributed by atoms with Crippen molar-refractivity contribution in [1.82, 2.24) is 9.97 Å². The molecule has 0 amide bonds. The van der Waals surface area contributed by atoms with Crippen LogP contribution in [0.2, 0.25) is 0 Å². The van der Waals surface area contributed by atoms with Crippen molar-refractivity contribution in [3.63, 3.8) is 0 Å². The van der Waals surface area contributed by atoms with Crippen molar-refractivity contribution in [2.45, 2.75) is 0 Å². The van der Waals surface area contributed by atoms with E-state index in [9.17, 15) is 0 Å². The van der Waals surface area contributed by atoms with Crippen molar-refractivity contribution in [3.05, 3.63) is 71.9 Å². The van der Waals surface area contributed by atoms with E-state index in [2.05, 4.69) is 23.5 Å². The number of nitrogens with zero attached hydrogens (tertiary/aromatic N) is 4. The second-order valence-electron chi connectivity index (χ2n) is 5.85. The van der Waals surface area contributed by atoms with E-state index in [-0.39, 0.29) is 0 Å². The van der Waals surface area contributed by atoms with Crippen molar-refractivity contribution >= 4 is 19.0 Å². The van der Waals surface area contributed by atoms with Crippen LogP contribution in [0.15, 0.2) is 60.8 Å². The molecule has 6 heteroatoms. The number of ether oxygens (including phenoxy) is 1. The predicted molar refractivity (Wildman–Crippen MR) is 105 cm³/mol. The van der Waals surface area contributed by atoms with Crippen LogP contribution in [0.5, 0.6) is 5.75 Å². The third kappa shape index (κ3) is 3.78. The standard InChI is InChI=1S/C20H17BN4O/c1-25(2)20-17(13-23-19(24-20)15-6-4-3-5-7-15)18(21)26-16-10-8-14(12-22)9-11-16/h3-11,13,21H,1-2H3. The van der Waals surface area contributed by atoms with Gasteiger partial charge in [0.05, 0.1) is 0 Å². The molecule has 0 spiro atoms. The van der Waals surface area contributed by atoms with Crippen LogP contribution in [0.25, 0.3) is 11.4 Å². The Morgan fingerprint density at radius 1 is 1.08 bits per heavy atom. The van der Waals surface area contributed by atoms with E-state index >= 15 is 0 Å². The van der Waals surface area contributed by atoms with Crippen LogP contribution >= 0.6 is 0 Å². The molecular formula is C20H17BN4O. The zero-order valence-electron chi connectivity index (χ0n) is 14.7. The number of aromatic nitrogens is 2. The topological polar surface area (TPSA) is 62.0 Å². The maximum atomic E-state index is 8.88. The molecule has 0 aliphatic rings. The van der Waals surface area contributed by atoms with Gasteiger partial charge in [0.2, 0.25) is 0 Å². The molecule has 0 atom stereocenters. The summed E-state index contributed by atoms with van der Waals surface area (Å²) in [5.41, 5.74) is 2.67. The number of hydrogen-bond donors (Lipinski definition) is 0. The van der Waals surface area contributed by atoms with E-state index < -0.39 is 0 Å². The molecule has 3 rings (SSSR count). The first-order valence-electron chi connectivity index (χ1n) is 8.05. The van der Waals surface area contributed by atoms with Crippen molar-refractivity contribution in [1.29, 1.82) is 5.26 Å². The molecule has 0 saturated heterocycles. The van der Waals surface area contributed by atoms with Gasteiger partial charge in [-0.05, 0) is 0 Å². The van der Waals surface area contributed by atoms with Crippen molar-refractivity contribution < 1.29 is 4.74 Å². The molecule has 2 aromatic carbocycles. The normalized spacial score (nSPS) is 10.0. The molecule has 0 N–H and O–H groups in total. The van der Waals surface area contributed by atoms with Crippen LogP contribution in [-0.4, -0.2) is 37.2 Å². The average molecular weight is 340 g/mol. The minimum atomic E-state index is 0.443. The Labute approximate surface area is 153 Å². The third-order valence-corrected chi connectivity index (χ3v) is 3.75. The van der Waals surface area contributed by atoms with E-state index in [1.165, 1.54) is 0 Å². The summed E-state index contributed by atoms with van der Waals surface area (Å²) >= 11 is 0. The second kappa shape index (κ2) is 7.62. The zero-order valence-corrected chi connectivity index (χ0v) is 14.7. The first-order valence-corrected chi connectivity index (χ1v) is 8.05. The number of rotatable bonds is 5. The van der Waals surface area contributed by atoms with Gasteiger partial charge in [0.1, 0.15) is 0 Å². The van der Waals surface area contributed by atoms with E-state index in [4.69, 9.17) is 10.00 Å². The van der Waals surface area contributed by atoms with Crippen LogP contribution in [0.4, 0.5) is 5.82 Å². The Bertz CT molecular complexity index is 963. The molecule has 0 fully saturated rings. The molecule has 0 aliphatic heterocycles. The van der Waals surface area contributed by atoms with E-state index in [0.717, 1.165) is 11.4 Å². The van der Waals surface area contributed by atoms with Gasteiger partial charge in [0.15, 0.2) is 0 Å². The molecule has 0 unspecified atom stereocenters. The van der Waals surface area contributed by atoms with Crippen LogP contribution in [-0.2, 0) is 0 Å². The van der Waals surface area contributed by atoms with Crippen LogP contribution in [0.1, 0.15) is 11.1 Å². The Hall–Kier alpha value is -3.46. The third-order valence-electron chi connectivity index (χ3n) is 3.75. The fourth-order valence-corrected chi connectivity index (χ4v) is 2.43. The molecule has 1 heterocycles. The predicted octanol–water partition coefficient (Wildman–Crippen LogP) is 2.54. The van der Waals surface area contributed by atoms with Gasteiger partial charge in [-0.3, -0.25) is 0 Å². The molecule has 126 valence electrons. The fourth-order valence-electron chi connectivity index (χ4n) is 2.43. The van der Waals surface area contributed by atoms with E-state index in [1.807, 2.05) is 49.3 Å². The first kappa shape index (κ1) is 17.4. The summed E-state index contributed by atoms with van der Waals surface area (Å²) in [6.45, 7) is 0. The van der Waals surface area contributed by atoms with Crippen LogP contribution < -0.4 is 9.64 Å². The number of anilines is 1. The summed E-state index contributed by atoms with van der Waals surface area (Å²) in [4.78, 5) is 11.0. The summed E-state index contributed by atoms with van der Waals surface area (Å²) in [5, 5.41) is 8.88. The number of nitriles is 1. The van der Waals surface area contributed by atoms with Gasteiger partial charge in [0.25, 0.3) is 0 Å². The molecule has 0 radical (unpaired) electrons. The Balaban J connectivity index is 1.90.